The molecule has 0 fully saturated rings. The van der Waals surface area contributed by atoms with Gasteiger partial charge in [0.15, 0.2) is 0 Å². The molecule has 0 saturated heterocycles. The second kappa shape index (κ2) is 4.74. The van der Waals surface area contributed by atoms with Gasteiger partial charge < -0.3 is 14.8 Å². The van der Waals surface area contributed by atoms with Gasteiger partial charge in [-0.3, -0.25) is 4.79 Å². The summed E-state index contributed by atoms with van der Waals surface area (Å²) in [5.74, 6) is 0.103. The number of nitrogens with one attached hydrogen (secondary N) is 1. The Bertz CT molecular complexity index is 468. The van der Waals surface area contributed by atoms with Gasteiger partial charge in [0.1, 0.15) is 11.8 Å². The van der Waals surface area contributed by atoms with Crippen LogP contribution in [-0.4, -0.2) is 25.4 Å². The predicted molar refractivity (Wildman–Crippen MR) is 72.4 cm³/mol. The van der Waals surface area contributed by atoms with E-state index in [-0.39, 0.29) is 0 Å². The molecule has 0 spiro atoms. The van der Waals surface area contributed by atoms with Crippen molar-refractivity contribution in [3.05, 3.63) is 29.3 Å². The summed E-state index contributed by atoms with van der Waals surface area (Å²) in [6.07, 6.45) is 0.540. The van der Waals surface area contributed by atoms with Crippen molar-refractivity contribution < 1.29 is 14.3 Å². The van der Waals surface area contributed by atoms with E-state index in [9.17, 15) is 4.79 Å². The number of aliphatic carboxylic acids is 1. The van der Waals surface area contributed by atoms with E-state index in [1.165, 1.54) is 0 Å². The Hall–Kier alpha value is -1.33. The molecule has 2 N–H and O–H groups in total. The number of fused-ring (bicyclic) bond motifs is 1. The van der Waals surface area contributed by atoms with Crippen LogP contribution < -0.4 is 9.74 Å². The highest BCUT2D eigenvalue weighted by molar-refractivity contribution is 6.70. The summed E-state index contributed by atoms with van der Waals surface area (Å²) in [7, 11) is -1.59. The van der Waals surface area contributed by atoms with E-state index in [0.717, 1.165) is 16.9 Å². The number of carboxylic acids is 1. The van der Waals surface area contributed by atoms with Crippen molar-refractivity contribution in [3.63, 3.8) is 0 Å². The molecule has 2 rings (SSSR count). The van der Waals surface area contributed by atoms with Gasteiger partial charge in [-0.25, -0.2) is 0 Å². The van der Waals surface area contributed by atoms with E-state index in [1.807, 2.05) is 18.2 Å². The minimum absolute atomic E-state index is 0.471. The zero-order chi connectivity index (χ0) is 13.3. The second-order valence-electron chi connectivity index (χ2n) is 5.62. The monoisotopic (exact) mass is 265 g/mol. The number of hydrogen-bond acceptors (Lipinski definition) is 3. The van der Waals surface area contributed by atoms with Gasteiger partial charge in [-0.1, -0.05) is 6.07 Å². The summed E-state index contributed by atoms with van der Waals surface area (Å²) in [4.78, 5) is 10.9. The van der Waals surface area contributed by atoms with Gasteiger partial charge in [-0.2, -0.15) is 0 Å². The molecule has 0 unspecified atom stereocenters. The fraction of sp³-hybridized carbons (Fsp3) is 0.462. The largest absolute Gasteiger partial charge is 0.544 e. The van der Waals surface area contributed by atoms with Crippen molar-refractivity contribution in [1.82, 2.24) is 5.32 Å². The molecule has 98 valence electrons. The maximum absolute atomic E-state index is 10.9. The maximum atomic E-state index is 10.9. The topological polar surface area (TPSA) is 58.6 Å². The van der Waals surface area contributed by atoms with Crippen LogP contribution in [0.3, 0.4) is 0 Å². The Balaban J connectivity index is 2.17. The summed E-state index contributed by atoms with van der Waals surface area (Å²) in [5, 5.41) is 12.0. The molecule has 0 amide bonds. The lowest BCUT2D eigenvalue weighted by Gasteiger charge is -2.25. The van der Waals surface area contributed by atoms with Crippen LogP contribution in [0.4, 0.5) is 0 Å². The first-order valence-corrected chi connectivity index (χ1v) is 9.53. The molecular formula is C13H19NO3Si. The Morgan fingerprint density at radius 2 is 2.11 bits per heavy atom. The number of carbonyl (C=O) groups is 1. The Kier molecular flexibility index (Phi) is 3.45. The van der Waals surface area contributed by atoms with E-state index in [2.05, 4.69) is 25.0 Å². The van der Waals surface area contributed by atoms with E-state index < -0.39 is 20.3 Å². The minimum Gasteiger partial charge on any atom is -0.544 e. The van der Waals surface area contributed by atoms with Gasteiger partial charge in [-0.05, 0) is 49.3 Å². The average molecular weight is 265 g/mol. The lowest BCUT2D eigenvalue weighted by atomic mass is 9.96. The molecular weight excluding hydrogens is 246 g/mol. The Labute approximate surface area is 108 Å². The fourth-order valence-corrected chi connectivity index (χ4v) is 2.92. The highest BCUT2D eigenvalue weighted by Gasteiger charge is 2.24. The van der Waals surface area contributed by atoms with Gasteiger partial charge >= 0.3 is 5.97 Å². The molecule has 0 bridgehead atoms. The third kappa shape index (κ3) is 3.11. The molecule has 0 saturated carbocycles. The number of hydrogen-bond donors (Lipinski definition) is 2. The Morgan fingerprint density at radius 1 is 1.39 bits per heavy atom. The second-order valence-corrected chi connectivity index (χ2v) is 10.0. The predicted octanol–water partition coefficient (Wildman–Crippen LogP) is 2.00. The SMILES string of the molecule is C[Si](C)(C)Oc1ccc2c(c1)CN[C@H](C(=O)O)C2. The molecule has 5 heteroatoms. The van der Waals surface area contributed by atoms with Crippen LogP contribution >= 0.6 is 0 Å². The van der Waals surface area contributed by atoms with Gasteiger partial charge in [-0.15, -0.1) is 0 Å². The molecule has 4 nitrogen and oxygen atoms in total. The molecule has 1 aliphatic heterocycles. The minimum atomic E-state index is -1.59. The van der Waals surface area contributed by atoms with Crippen LogP contribution in [0.2, 0.25) is 19.6 Å². The van der Waals surface area contributed by atoms with Crippen LogP contribution in [0, 0.1) is 0 Å². The van der Waals surface area contributed by atoms with Crippen molar-refractivity contribution in [3.8, 4) is 5.75 Å². The first-order chi connectivity index (χ1) is 8.35. The molecule has 1 heterocycles. The normalized spacial score (nSPS) is 19.2. The molecule has 1 aliphatic rings. The molecule has 1 atom stereocenters. The third-order valence-electron chi connectivity index (χ3n) is 2.86. The van der Waals surface area contributed by atoms with Gasteiger partial charge in [0.2, 0.25) is 8.32 Å². The number of carboxylic acid groups (broad SMARTS) is 1. The van der Waals surface area contributed by atoms with Crippen LogP contribution in [0.5, 0.6) is 5.75 Å². The number of benzene rings is 1. The molecule has 0 aliphatic carbocycles. The quantitative estimate of drug-likeness (QED) is 0.821. The lowest BCUT2D eigenvalue weighted by Crippen LogP contribution is -2.41. The van der Waals surface area contributed by atoms with Gasteiger partial charge in [0.25, 0.3) is 0 Å². The van der Waals surface area contributed by atoms with E-state index in [1.54, 1.807) is 0 Å². The van der Waals surface area contributed by atoms with Crippen LogP contribution in [0.25, 0.3) is 0 Å². The van der Waals surface area contributed by atoms with Crippen molar-refractivity contribution in [2.45, 2.75) is 38.6 Å². The number of rotatable bonds is 3. The molecule has 1 aromatic rings. The van der Waals surface area contributed by atoms with Gasteiger partial charge in [0, 0.05) is 6.54 Å². The summed E-state index contributed by atoms with van der Waals surface area (Å²) >= 11 is 0. The zero-order valence-corrected chi connectivity index (χ0v) is 12.0. The fourth-order valence-electron chi connectivity index (χ4n) is 2.08. The summed E-state index contributed by atoms with van der Waals surface area (Å²) in [6, 6.07) is 5.49. The summed E-state index contributed by atoms with van der Waals surface area (Å²) in [6.45, 7) is 7.02. The smallest absolute Gasteiger partial charge is 0.321 e. The van der Waals surface area contributed by atoms with Crippen LogP contribution in [-0.2, 0) is 17.8 Å². The zero-order valence-electron chi connectivity index (χ0n) is 11.0. The molecule has 18 heavy (non-hydrogen) atoms. The first-order valence-electron chi connectivity index (χ1n) is 6.12. The summed E-state index contributed by atoms with van der Waals surface area (Å²) in [5.41, 5.74) is 2.24. The van der Waals surface area contributed by atoms with Crippen molar-refractivity contribution in [2.75, 3.05) is 0 Å². The van der Waals surface area contributed by atoms with Crippen LogP contribution in [0.15, 0.2) is 18.2 Å². The molecule has 0 aromatic heterocycles. The van der Waals surface area contributed by atoms with Crippen LogP contribution in [0.1, 0.15) is 11.1 Å². The highest BCUT2D eigenvalue weighted by atomic mass is 28.4. The third-order valence-corrected chi connectivity index (χ3v) is 3.71. The highest BCUT2D eigenvalue weighted by Crippen LogP contribution is 2.24. The summed E-state index contributed by atoms with van der Waals surface area (Å²) < 4.78 is 5.94. The Morgan fingerprint density at radius 3 is 2.72 bits per heavy atom. The standard InChI is InChI=1S/C13H19NO3Si/c1-18(2,3)17-11-5-4-9-7-12(13(15)16)14-8-10(9)6-11/h4-6,12,14H,7-8H2,1-3H3,(H,15,16)/t12-/m0/s1. The molecule has 0 radical (unpaired) electrons. The van der Waals surface area contributed by atoms with E-state index in [0.29, 0.717) is 13.0 Å². The van der Waals surface area contributed by atoms with Gasteiger partial charge in [0.05, 0.1) is 0 Å². The first kappa shape index (κ1) is 13.1. The average Bonchev–Trinajstić information content (AvgIpc) is 2.26. The van der Waals surface area contributed by atoms with Crippen molar-refractivity contribution in [1.29, 1.82) is 0 Å². The van der Waals surface area contributed by atoms with E-state index in [4.69, 9.17) is 9.53 Å². The lowest BCUT2D eigenvalue weighted by molar-refractivity contribution is -0.139. The van der Waals surface area contributed by atoms with Crippen molar-refractivity contribution >= 4 is 14.3 Å². The van der Waals surface area contributed by atoms with Crippen molar-refractivity contribution in [2.24, 2.45) is 0 Å². The molecule has 1 aromatic carbocycles. The van der Waals surface area contributed by atoms with E-state index >= 15 is 0 Å². The maximum Gasteiger partial charge on any atom is 0.321 e.